The normalized spacial score (nSPS) is 17.4. The molecule has 0 saturated carbocycles. The highest BCUT2D eigenvalue weighted by molar-refractivity contribution is 8.14. The number of benzene rings is 2. The van der Waals surface area contributed by atoms with Crippen molar-refractivity contribution >= 4 is 40.6 Å². The van der Waals surface area contributed by atoms with Crippen molar-refractivity contribution in [1.82, 2.24) is 4.90 Å². The topological polar surface area (TPSA) is 91.4 Å². The molecule has 2 aromatic rings. The molecule has 2 aromatic carbocycles. The molecule has 1 heterocycles. The molecule has 150 valence electrons. The number of thioether (sulfide) groups is 1. The Morgan fingerprint density at radius 1 is 1.17 bits per heavy atom. The molecular weight excluding hydrogens is 386 g/mol. The summed E-state index contributed by atoms with van der Waals surface area (Å²) in [4.78, 5) is 28.1. The van der Waals surface area contributed by atoms with Crippen LogP contribution in [0.2, 0.25) is 0 Å². The van der Waals surface area contributed by atoms with Gasteiger partial charge in [-0.15, -0.1) is 5.10 Å². The van der Waals surface area contributed by atoms with Gasteiger partial charge in [-0.2, -0.15) is 5.10 Å². The van der Waals surface area contributed by atoms with Crippen LogP contribution < -0.4 is 10.6 Å². The molecule has 1 atom stereocenters. The van der Waals surface area contributed by atoms with E-state index in [9.17, 15) is 9.59 Å². The largest absolute Gasteiger partial charge is 0.378 e. The number of carbonyl (C=O) groups excluding carboxylic acids is 2. The molecule has 1 aliphatic rings. The predicted octanol–water partition coefficient (Wildman–Crippen LogP) is 2.46. The Morgan fingerprint density at radius 2 is 1.86 bits per heavy atom. The zero-order chi connectivity index (χ0) is 20.8. The smallest absolute Gasteiger partial charge is 0.243 e. The fraction of sp³-hybridized carbons (Fsp3) is 0.238. The molecule has 8 heteroatoms. The van der Waals surface area contributed by atoms with Crippen molar-refractivity contribution in [3.05, 3.63) is 65.7 Å². The molecule has 7 nitrogen and oxygen atoms in total. The summed E-state index contributed by atoms with van der Waals surface area (Å²) in [6, 6.07) is 17.2. The molecule has 1 fully saturated rings. The lowest BCUT2D eigenvalue weighted by molar-refractivity contribution is -0.138. The summed E-state index contributed by atoms with van der Waals surface area (Å²) in [5, 5.41) is 7.51. The Labute approximate surface area is 174 Å². The highest BCUT2D eigenvalue weighted by Crippen LogP contribution is 2.26. The minimum absolute atomic E-state index is 0.113. The number of nitrogens with two attached hydrogens (primary N) is 1. The monoisotopic (exact) mass is 409 g/mol. The quantitative estimate of drug-likeness (QED) is 0.342. The Morgan fingerprint density at radius 3 is 2.52 bits per heavy atom. The third kappa shape index (κ3) is 5.45. The van der Waals surface area contributed by atoms with Crippen molar-refractivity contribution in [2.75, 3.05) is 19.0 Å². The van der Waals surface area contributed by atoms with E-state index in [1.165, 1.54) is 4.90 Å². The Kier molecular flexibility index (Phi) is 6.66. The van der Waals surface area contributed by atoms with Gasteiger partial charge in [0.25, 0.3) is 0 Å². The summed E-state index contributed by atoms with van der Waals surface area (Å²) in [6.45, 7) is 0.272. The van der Waals surface area contributed by atoms with Gasteiger partial charge >= 0.3 is 0 Å². The lowest BCUT2D eigenvalue weighted by Gasteiger charge is -2.14. The van der Waals surface area contributed by atoms with Crippen LogP contribution in [0.5, 0.6) is 0 Å². The van der Waals surface area contributed by atoms with Gasteiger partial charge in [-0.05, 0) is 23.3 Å². The van der Waals surface area contributed by atoms with Crippen LogP contribution in [-0.2, 0) is 16.1 Å². The first kappa shape index (κ1) is 20.6. The second-order valence-electron chi connectivity index (χ2n) is 6.78. The van der Waals surface area contributed by atoms with Gasteiger partial charge in [-0.3, -0.25) is 14.5 Å². The van der Waals surface area contributed by atoms with Crippen molar-refractivity contribution in [2.24, 2.45) is 15.9 Å². The SMILES string of the molecule is CN(C)c1ccc(/C=N\N=C(N)S[C@H]2CC(=O)N(Cc3ccccc3)C2=O)cc1. The maximum absolute atomic E-state index is 12.6. The Hall–Kier alpha value is -3.13. The van der Waals surface area contributed by atoms with Crippen LogP contribution in [0.1, 0.15) is 17.5 Å². The second kappa shape index (κ2) is 9.38. The number of hydrogen-bond acceptors (Lipinski definition) is 6. The number of hydrogen-bond donors (Lipinski definition) is 1. The van der Waals surface area contributed by atoms with Crippen LogP contribution in [0.15, 0.2) is 64.8 Å². The van der Waals surface area contributed by atoms with E-state index in [-0.39, 0.29) is 29.9 Å². The lowest BCUT2D eigenvalue weighted by Crippen LogP contribution is -2.31. The highest BCUT2D eigenvalue weighted by Gasteiger charge is 2.39. The number of amidine groups is 1. The number of likely N-dealkylation sites (tertiary alicyclic amines) is 1. The molecule has 0 unspecified atom stereocenters. The van der Waals surface area contributed by atoms with E-state index >= 15 is 0 Å². The van der Waals surface area contributed by atoms with Crippen molar-refractivity contribution in [3.8, 4) is 0 Å². The van der Waals surface area contributed by atoms with E-state index in [1.807, 2.05) is 73.6 Å². The molecular formula is C21H23N5O2S. The molecule has 0 radical (unpaired) electrons. The first-order chi connectivity index (χ1) is 13.9. The molecule has 2 amide bonds. The Bertz CT molecular complexity index is 926. The highest BCUT2D eigenvalue weighted by atomic mass is 32.2. The average Bonchev–Trinajstić information content (AvgIpc) is 2.96. The standard InChI is InChI=1S/C21H23N5O2S/c1-25(2)17-10-8-15(9-11-17)13-23-24-21(22)29-18-12-19(27)26(20(18)28)14-16-6-4-3-5-7-16/h3-11,13,18H,12,14H2,1-2H3,(H2,22,24)/b23-13-/t18-/m0/s1. The number of anilines is 1. The van der Waals surface area contributed by atoms with E-state index in [2.05, 4.69) is 10.2 Å². The first-order valence-electron chi connectivity index (χ1n) is 9.12. The minimum Gasteiger partial charge on any atom is -0.378 e. The molecule has 0 aromatic heterocycles. The van der Waals surface area contributed by atoms with Crippen LogP contribution in [-0.4, -0.2) is 47.4 Å². The first-order valence-corrected chi connectivity index (χ1v) is 10.0. The summed E-state index contributed by atoms with van der Waals surface area (Å²) in [6.07, 6.45) is 1.71. The van der Waals surface area contributed by atoms with Crippen LogP contribution in [0, 0.1) is 0 Å². The zero-order valence-corrected chi connectivity index (χ0v) is 17.2. The Balaban J connectivity index is 1.57. The third-order valence-corrected chi connectivity index (χ3v) is 5.40. The molecule has 29 heavy (non-hydrogen) atoms. The van der Waals surface area contributed by atoms with Gasteiger partial charge in [0.1, 0.15) is 5.25 Å². The summed E-state index contributed by atoms with van der Waals surface area (Å²) >= 11 is 1.07. The summed E-state index contributed by atoms with van der Waals surface area (Å²) in [5.41, 5.74) is 8.78. The minimum atomic E-state index is -0.565. The number of nitrogens with zero attached hydrogens (tertiary/aromatic N) is 4. The fourth-order valence-electron chi connectivity index (χ4n) is 2.86. The summed E-state index contributed by atoms with van der Waals surface area (Å²) < 4.78 is 0. The number of carbonyl (C=O) groups is 2. The van der Waals surface area contributed by atoms with Crippen molar-refractivity contribution in [2.45, 2.75) is 18.2 Å². The van der Waals surface area contributed by atoms with Crippen molar-refractivity contribution < 1.29 is 9.59 Å². The fourth-order valence-corrected chi connectivity index (χ4v) is 3.70. The van der Waals surface area contributed by atoms with E-state index in [0.29, 0.717) is 0 Å². The maximum Gasteiger partial charge on any atom is 0.243 e. The van der Waals surface area contributed by atoms with Gasteiger partial charge in [-0.1, -0.05) is 54.2 Å². The molecule has 0 aliphatic carbocycles. The van der Waals surface area contributed by atoms with Gasteiger partial charge in [0.15, 0.2) is 5.17 Å². The van der Waals surface area contributed by atoms with Gasteiger partial charge in [-0.25, -0.2) is 0 Å². The number of amides is 2. The number of imide groups is 1. The van der Waals surface area contributed by atoms with E-state index in [0.717, 1.165) is 28.6 Å². The van der Waals surface area contributed by atoms with Gasteiger partial charge in [0.05, 0.1) is 12.8 Å². The van der Waals surface area contributed by atoms with Crippen LogP contribution >= 0.6 is 11.8 Å². The van der Waals surface area contributed by atoms with Crippen LogP contribution in [0.4, 0.5) is 5.69 Å². The van der Waals surface area contributed by atoms with Crippen LogP contribution in [0.3, 0.4) is 0 Å². The lowest BCUT2D eigenvalue weighted by atomic mass is 10.2. The molecule has 3 rings (SSSR count). The predicted molar refractivity (Wildman–Crippen MR) is 118 cm³/mol. The molecule has 2 N–H and O–H groups in total. The second-order valence-corrected chi connectivity index (χ2v) is 8.01. The zero-order valence-electron chi connectivity index (χ0n) is 16.4. The molecule has 1 aliphatic heterocycles. The van der Waals surface area contributed by atoms with Crippen molar-refractivity contribution in [1.29, 1.82) is 0 Å². The van der Waals surface area contributed by atoms with Crippen LogP contribution in [0.25, 0.3) is 0 Å². The van der Waals surface area contributed by atoms with Gasteiger partial charge in [0, 0.05) is 26.2 Å². The van der Waals surface area contributed by atoms with E-state index in [1.54, 1.807) is 6.21 Å². The third-order valence-electron chi connectivity index (χ3n) is 4.42. The molecule has 1 saturated heterocycles. The average molecular weight is 410 g/mol. The van der Waals surface area contributed by atoms with Gasteiger partial charge in [0.2, 0.25) is 11.8 Å². The maximum atomic E-state index is 12.6. The van der Waals surface area contributed by atoms with Gasteiger partial charge < -0.3 is 10.6 Å². The van der Waals surface area contributed by atoms with Crippen molar-refractivity contribution in [3.63, 3.8) is 0 Å². The number of rotatable bonds is 6. The summed E-state index contributed by atoms with van der Waals surface area (Å²) in [5.74, 6) is -0.445. The summed E-state index contributed by atoms with van der Waals surface area (Å²) in [7, 11) is 3.95. The van der Waals surface area contributed by atoms with E-state index < -0.39 is 5.25 Å². The van der Waals surface area contributed by atoms with E-state index in [4.69, 9.17) is 5.73 Å². The molecule has 0 bridgehead atoms. The molecule has 0 spiro atoms.